The fourth-order valence-corrected chi connectivity index (χ4v) is 3.11. The molecular weight excluding hydrogens is 214 g/mol. The smallest absolute Gasteiger partial charge is 0.239 e. The molecule has 2 heterocycles. The zero-order chi connectivity index (χ0) is 12.6. The first-order valence-electron chi connectivity index (χ1n) is 6.69. The highest BCUT2D eigenvalue weighted by Crippen LogP contribution is 2.32. The van der Waals surface area contributed by atoms with E-state index in [1.807, 2.05) is 0 Å². The largest absolute Gasteiger partial charge is 0.352 e. The van der Waals surface area contributed by atoms with Gasteiger partial charge in [0.25, 0.3) is 0 Å². The van der Waals surface area contributed by atoms with E-state index in [1.54, 1.807) is 13.8 Å². The SMILES string of the molecule is CN1C2CCCC1CC(NC(=O)C(C)(C)N)C2. The lowest BCUT2D eigenvalue weighted by atomic mass is 9.82. The molecule has 2 aliphatic rings. The van der Waals surface area contributed by atoms with Crippen LogP contribution in [0.4, 0.5) is 0 Å². The van der Waals surface area contributed by atoms with Crippen molar-refractivity contribution in [2.45, 2.75) is 69.6 Å². The quantitative estimate of drug-likeness (QED) is 0.751. The van der Waals surface area contributed by atoms with Crippen molar-refractivity contribution in [2.24, 2.45) is 5.73 Å². The molecule has 98 valence electrons. The van der Waals surface area contributed by atoms with Gasteiger partial charge in [-0.05, 0) is 46.6 Å². The number of hydrogen-bond acceptors (Lipinski definition) is 3. The Morgan fingerprint density at radius 1 is 1.29 bits per heavy atom. The van der Waals surface area contributed by atoms with Crippen LogP contribution in [-0.2, 0) is 4.79 Å². The first-order valence-corrected chi connectivity index (χ1v) is 6.69. The standard InChI is InChI=1S/C13H25N3O/c1-13(2,14)12(17)15-9-7-10-5-4-6-11(8-9)16(10)3/h9-11H,4-8,14H2,1-3H3,(H,15,17). The molecule has 2 aliphatic heterocycles. The van der Waals surface area contributed by atoms with Gasteiger partial charge in [-0.2, -0.15) is 0 Å². The second kappa shape index (κ2) is 4.58. The van der Waals surface area contributed by atoms with Gasteiger partial charge in [0.1, 0.15) is 0 Å². The molecule has 2 saturated heterocycles. The van der Waals surface area contributed by atoms with Gasteiger partial charge < -0.3 is 16.0 Å². The third-order valence-corrected chi connectivity index (χ3v) is 4.26. The molecule has 0 aromatic heterocycles. The summed E-state index contributed by atoms with van der Waals surface area (Å²) in [6.07, 6.45) is 6.03. The lowest BCUT2D eigenvalue weighted by molar-refractivity contribution is -0.126. The van der Waals surface area contributed by atoms with Gasteiger partial charge in [0.2, 0.25) is 5.91 Å². The molecule has 2 unspecified atom stereocenters. The van der Waals surface area contributed by atoms with Crippen LogP contribution in [0.25, 0.3) is 0 Å². The molecule has 4 nitrogen and oxygen atoms in total. The Morgan fingerprint density at radius 2 is 1.82 bits per heavy atom. The van der Waals surface area contributed by atoms with Crippen LogP contribution < -0.4 is 11.1 Å². The Hall–Kier alpha value is -0.610. The minimum atomic E-state index is -0.765. The zero-order valence-corrected chi connectivity index (χ0v) is 11.2. The van der Waals surface area contributed by atoms with Crippen molar-refractivity contribution in [3.63, 3.8) is 0 Å². The summed E-state index contributed by atoms with van der Waals surface area (Å²) in [6.45, 7) is 3.52. The topological polar surface area (TPSA) is 58.4 Å². The number of amides is 1. The highest BCUT2D eigenvalue weighted by Gasteiger charge is 2.37. The molecular formula is C13H25N3O. The zero-order valence-electron chi connectivity index (χ0n) is 11.2. The Labute approximate surface area is 104 Å². The van der Waals surface area contributed by atoms with Gasteiger partial charge >= 0.3 is 0 Å². The lowest BCUT2D eigenvalue weighted by Gasteiger charge is -2.47. The number of fused-ring (bicyclic) bond motifs is 2. The lowest BCUT2D eigenvalue weighted by Crippen LogP contribution is -2.58. The number of rotatable bonds is 2. The number of carbonyl (C=O) groups is 1. The molecule has 2 atom stereocenters. The van der Waals surface area contributed by atoms with Gasteiger partial charge in [-0.25, -0.2) is 0 Å². The van der Waals surface area contributed by atoms with E-state index >= 15 is 0 Å². The summed E-state index contributed by atoms with van der Waals surface area (Å²) in [5, 5.41) is 3.12. The molecule has 0 radical (unpaired) electrons. The number of nitrogens with zero attached hydrogens (tertiary/aromatic N) is 1. The molecule has 0 aliphatic carbocycles. The highest BCUT2D eigenvalue weighted by atomic mass is 16.2. The summed E-state index contributed by atoms with van der Waals surface area (Å²) in [4.78, 5) is 14.4. The summed E-state index contributed by atoms with van der Waals surface area (Å²) in [6, 6.07) is 1.61. The van der Waals surface area contributed by atoms with Crippen LogP contribution in [0, 0.1) is 0 Å². The van der Waals surface area contributed by atoms with Gasteiger partial charge in [-0.1, -0.05) is 6.42 Å². The van der Waals surface area contributed by atoms with Crippen molar-refractivity contribution < 1.29 is 4.79 Å². The van der Waals surface area contributed by atoms with E-state index in [0.717, 1.165) is 12.8 Å². The first-order chi connectivity index (χ1) is 7.88. The Kier molecular flexibility index (Phi) is 3.46. The highest BCUT2D eigenvalue weighted by molar-refractivity contribution is 5.85. The molecule has 0 saturated carbocycles. The van der Waals surface area contributed by atoms with E-state index in [9.17, 15) is 4.79 Å². The molecule has 2 bridgehead atoms. The van der Waals surface area contributed by atoms with Gasteiger partial charge in [0, 0.05) is 18.1 Å². The molecule has 4 heteroatoms. The van der Waals surface area contributed by atoms with E-state index in [4.69, 9.17) is 5.73 Å². The van der Waals surface area contributed by atoms with E-state index in [2.05, 4.69) is 17.3 Å². The maximum absolute atomic E-state index is 11.9. The summed E-state index contributed by atoms with van der Waals surface area (Å²) in [5.41, 5.74) is 5.05. The monoisotopic (exact) mass is 239 g/mol. The van der Waals surface area contributed by atoms with Crippen LogP contribution >= 0.6 is 0 Å². The Bertz CT molecular complexity index is 284. The Balaban J connectivity index is 1.94. The fourth-order valence-electron chi connectivity index (χ4n) is 3.11. The first kappa shape index (κ1) is 12.8. The van der Waals surface area contributed by atoms with Crippen molar-refractivity contribution in [1.82, 2.24) is 10.2 Å². The minimum absolute atomic E-state index is 0.0230. The molecule has 0 aromatic carbocycles. The van der Waals surface area contributed by atoms with Crippen molar-refractivity contribution in [3.8, 4) is 0 Å². The minimum Gasteiger partial charge on any atom is -0.352 e. The normalized spacial score (nSPS) is 34.5. The molecule has 0 spiro atoms. The van der Waals surface area contributed by atoms with Crippen LogP contribution in [0.1, 0.15) is 46.0 Å². The van der Waals surface area contributed by atoms with Gasteiger partial charge in [-0.3, -0.25) is 4.79 Å². The van der Waals surface area contributed by atoms with Crippen LogP contribution in [-0.4, -0.2) is 41.5 Å². The van der Waals surface area contributed by atoms with Crippen LogP contribution in [0.5, 0.6) is 0 Å². The maximum Gasteiger partial charge on any atom is 0.239 e. The van der Waals surface area contributed by atoms with E-state index in [-0.39, 0.29) is 5.91 Å². The van der Waals surface area contributed by atoms with Crippen LogP contribution in [0.2, 0.25) is 0 Å². The third kappa shape index (κ3) is 2.80. The molecule has 2 rings (SSSR count). The Morgan fingerprint density at radius 3 is 2.29 bits per heavy atom. The average molecular weight is 239 g/mol. The van der Waals surface area contributed by atoms with E-state index in [0.29, 0.717) is 18.1 Å². The van der Waals surface area contributed by atoms with E-state index < -0.39 is 5.54 Å². The van der Waals surface area contributed by atoms with E-state index in [1.165, 1.54) is 19.3 Å². The molecule has 0 aromatic rings. The third-order valence-electron chi connectivity index (χ3n) is 4.26. The van der Waals surface area contributed by atoms with Crippen molar-refractivity contribution >= 4 is 5.91 Å². The second-order valence-electron chi connectivity index (χ2n) is 6.27. The fraction of sp³-hybridized carbons (Fsp3) is 0.923. The number of carbonyl (C=O) groups excluding carboxylic acids is 1. The average Bonchev–Trinajstić information content (AvgIpc) is 2.18. The molecule has 17 heavy (non-hydrogen) atoms. The molecule has 3 N–H and O–H groups in total. The predicted octanol–water partition coefficient (Wildman–Crippen LogP) is 0.855. The number of nitrogens with one attached hydrogen (secondary N) is 1. The van der Waals surface area contributed by atoms with Gasteiger partial charge in [-0.15, -0.1) is 0 Å². The summed E-state index contributed by atoms with van der Waals surface area (Å²) in [7, 11) is 2.22. The summed E-state index contributed by atoms with van der Waals surface area (Å²) >= 11 is 0. The molecule has 2 fully saturated rings. The summed E-state index contributed by atoms with van der Waals surface area (Å²) < 4.78 is 0. The van der Waals surface area contributed by atoms with Crippen molar-refractivity contribution in [2.75, 3.05) is 7.05 Å². The second-order valence-corrected chi connectivity index (χ2v) is 6.27. The predicted molar refractivity (Wildman–Crippen MR) is 68.6 cm³/mol. The summed E-state index contributed by atoms with van der Waals surface area (Å²) in [5.74, 6) is -0.0230. The maximum atomic E-state index is 11.9. The van der Waals surface area contributed by atoms with Crippen molar-refractivity contribution in [1.29, 1.82) is 0 Å². The molecule has 1 amide bonds. The number of piperidine rings is 2. The number of nitrogens with two attached hydrogens (primary N) is 1. The van der Waals surface area contributed by atoms with Crippen LogP contribution in [0.15, 0.2) is 0 Å². The van der Waals surface area contributed by atoms with Crippen molar-refractivity contribution in [3.05, 3.63) is 0 Å². The van der Waals surface area contributed by atoms with Gasteiger partial charge in [0.15, 0.2) is 0 Å². The number of hydrogen-bond donors (Lipinski definition) is 2. The van der Waals surface area contributed by atoms with Crippen LogP contribution in [0.3, 0.4) is 0 Å². The van der Waals surface area contributed by atoms with Gasteiger partial charge in [0.05, 0.1) is 5.54 Å².